The molecule has 0 saturated carbocycles. The third-order valence-electron chi connectivity index (χ3n) is 2.39. The molecule has 2 N–H and O–H groups in total. The quantitative estimate of drug-likeness (QED) is 0.281. The van der Waals surface area contributed by atoms with E-state index in [0.29, 0.717) is 6.54 Å². The van der Waals surface area contributed by atoms with E-state index in [2.05, 4.69) is 18.3 Å². The third kappa shape index (κ3) is 1.30. The van der Waals surface area contributed by atoms with Gasteiger partial charge in [0.2, 0.25) is 0 Å². The van der Waals surface area contributed by atoms with Gasteiger partial charge in [-0.3, -0.25) is 0 Å². The van der Waals surface area contributed by atoms with Gasteiger partial charge in [0.1, 0.15) is 0 Å². The van der Waals surface area contributed by atoms with Crippen molar-refractivity contribution in [1.29, 1.82) is 0 Å². The molecule has 0 radical (unpaired) electrons. The molecule has 74 valence electrons. The van der Waals surface area contributed by atoms with Crippen LogP contribution in [0.5, 0.6) is 0 Å². The van der Waals surface area contributed by atoms with Crippen LogP contribution in [0.25, 0.3) is 0 Å². The van der Waals surface area contributed by atoms with Gasteiger partial charge in [0, 0.05) is 16.9 Å². The maximum atomic E-state index is 5.48. The van der Waals surface area contributed by atoms with E-state index in [1.807, 2.05) is 0 Å². The first-order valence-corrected chi connectivity index (χ1v) is 4.01. The minimum atomic E-state index is -0.133. The summed E-state index contributed by atoms with van der Waals surface area (Å²) in [7, 11) is 3.12. The van der Waals surface area contributed by atoms with Crippen molar-refractivity contribution in [2.45, 2.75) is 12.2 Å². The summed E-state index contributed by atoms with van der Waals surface area (Å²) in [5.41, 5.74) is 6.34. The summed E-state index contributed by atoms with van der Waals surface area (Å²) >= 11 is 0. The van der Waals surface area contributed by atoms with Crippen LogP contribution in [0.1, 0.15) is 0 Å². The van der Waals surface area contributed by atoms with Crippen molar-refractivity contribution in [2.75, 3.05) is 20.8 Å². The molecular formula is C8H16N3O2+. The predicted molar refractivity (Wildman–Crippen MR) is 49.6 cm³/mol. The van der Waals surface area contributed by atoms with Crippen LogP contribution in [0, 0.1) is 0 Å². The SMILES string of the molecule is C=NC1C(C(=C)CN)[N+]1(OC)OC. The van der Waals surface area contributed by atoms with E-state index in [4.69, 9.17) is 15.4 Å². The van der Waals surface area contributed by atoms with Crippen LogP contribution in [-0.4, -0.2) is 44.5 Å². The Balaban J connectivity index is 2.78. The molecule has 1 aliphatic heterocycles. The summed E-state index contributed by atoms with van der Waals surface area (Å²) in [5, 5.41) is 0. The molecule has 0 aromatic carbocycles. The molecule has 1 fully saturated rings. The smallest absolute Gasteiger partial charge is 0.306 e. The van der Waals surface area contributed by atoms with Crippen molar-refractivity contribution in [3.63, 3.8) is 0 Å². The van der Waals surface area contributed by atoms with Crippen LogP contribution in [-0.2, 0) is 9.68 Å². The van der Waals surface area contributed by atoms with Crippen molar-refractivity contribution in [3.8, 4) is 0 Å². The first kappa shape index (κ1) is 10.3. The van der Waals surface area contributed by atoms with Gasteiger partial charge in [-0.2, -0.15) is 9.68 Å². The van der Waals surface area contributed by atoms with Crippen LogP contribution in [0.4, 0.5) is 0 Å². The summed E-state index contributed by atoms with van der Waals surface area (Å²) in [5.74, 6) is 0. The molecule has 0 aromatic heterocycles. The molecule has 2 atom stereocenters. The second-order valence-corrected chi connectivity index (χ2v) is 2.91. The van der Waals surface area contributed by atoms with Crippen molar-refractivity contribution >= 4 is 6.72 Å². The van der Waals surface area contributed by atoms with Crippen LogP contribution in [0.15, 0.2) is 17.1 Å². The van der Waals surface area contributed by atoms with E-state index in [-0.39, 0.29) is 17.0 Å². The Labute approximate surface area is 77.9 Å². The molecule has 0 amide bonds. The van der Waals surface area contributed by atoms with E-state index in [1.165, 1.54) is 0 Å². The highest BCUT2D eigenvalue weighted by Crippen LogP contribution is 2.44. The maximum Gasteiger partial charge on any atom is 0.306 e. The van der Waals surface area contributed by atoms with Gasteiger partial charge >= 0.3 is 6.17 Å². The van der Waals surface area contributed by atoms with Gasteiger partial charge in [-0.05, 0) is 6.72 Å². The van der Waals surface area contributed by atoms with Crippen molar-refractivity contribution in [1.82, 2.24) is 0 Å². The molecule has 1 saturated heterocycles. The molecule has 1 heterocycles. The lowest BCUT2D eigenvalue weighted by Gasteiger charge is -2.10. The minimum Gasteiger partial charge on any atom is -0.327 e. The summed E-state index contributed by atoms with van der Waals surface area (Å²) in [6.45, 7) is 7.72. The Morgan fingerprint density at radius 1 is 1.54 bits per heavy atom. The van der Waals surface area contributed by atoms with Gasteiger partial charge in [-0.25, -0.2) is 4.99 Å². The zero-order chi connectivity index (χ0) is 10.1. The average Bonchev–Trinajstić information content (AvgIpc) is 2.85. The molecule has 0 spiro atoms. The van der Waals surface area contributed by atoms with Gasteiger partial charge in [-0.15, -0.1) is 0 Å². The number of nitrogens with zero attached hydrogens (tertiary/aromatic N) is 2. The predicted octanol–water partition coefficient (Wildman–Crippen LogP) is -0.150. The molecule has 0 aliphatic carbocycles. The normalized spacial score (nSPS) is 29.8. The maximum absolute atomic E-state index is 5.48. The highest BCUT2D eigenvalue weighted by Gasteiger charge is 2.73. The van der Waals surface area contributed by atoms with E-state index in [0.717, 1.165) is 5.57 Å². The first-order chi connectivity index (χ1) is 6.17. The zero-order valence-corrected chi connectivity index (χ0v) is 8.06. The van der Waals surface area contributed by atoms with Crippen molar-refractivity contribution < 1.29 is 14.5 Å². The molecule has 0 aromatic rings. The standard InChI is InChI=1S/C8H16N3O2/c1-6(5-9)7-8(10-2)11(7,12-3)13-4/h7-8H,1-2,5,9H2,3-4H3/q+1. The molecule has 1 rings (SSSR count). The highest BCUT2D eigenvalue weighted by atomic mass is 17.0. The van der Waals surface area contributed by atoms with Gasteiger partial charge in [0.25, 0.3) is 6.04 Å². The fourth-order valence-corrected chi connectivity index (χ4v) is 1.60. The Morgan fingerprint density at radius 3 is 2.31 bits per heavy atom. The zero-order valence-electron chi connectivity index (χ0n) is 8.06. The van der Waals surface area contributed by atoms with Crippen LogP contribution in [0.3, 0.4) is 0 Å². The van der Waals surface area contributed by atoms with Gasteiger partial charge in [-0.1, -0.05) is 6.58 Å². The molecule has 2 unspecified atom stereocenters. The Hall–Kier alpha value is -0.750. The number of quaternary nitrogens is 1. The van der Waals surface area contributed by atoms with Crippen LogP contribution in [0.2, 0.25) is 0 Å². The lowest BCUT2D eigenvalue weighted by atomic mass is 10.2. The number of hydrogen-bond donors (Lipinski definition) is 1. The second kappa shape index (κ2) is 3.55. The van der Waals surface area contributed by atoms with Gasteiger partial charge < -0.3 is 5.73 Å². The lowest BCUT2D eigenvalue weighted by molar-refractivity contribution is -1.17. The second-order valence-electron chi connectivity index (χ2n) is 2.91. The topological polar surface area (TPSA) is 56.8 Å². The Bertz CT molecular complexity index is 225. The van der Waals surface area contributed by atoms with Crippen LogP contribution < -0.4 is 5.73 Å². The monoisotopic (exact) mass is 186 g/mol. The van der Waals surface area contributed by atoms with Crippen molar-refractivity contribution in [2.24, 2.45) is 10.7 Å². The summed E-state index contributed by atoms with van der Waals surface area (Å²) in [6.07, 6.45) is -0.133. The fourth-order valence-electron chi connectivity index (χ4n) is 1.60. The molecule has 5 heteroatoms. The van der Waals surface area contributed by atoms with E-state index < -0.39 is 0 Å². The summed E-state index contributed by atoms with van der Waals surface area (Å²) in [4.78, 5) is 14.3. The third-order valence-corrected chi connectivity index (χ3v) is 2.39. The highest BCUT2D eigenvalue weighted by molar-refractivity contribution is 5.26. The van der Waals surface area contributed by atoms with Crippen molar-refractivity contribution in [3.05, 3.63) is 12.2 Å². The van der Waals surface area contributed by atoms with E-state index >= 15 is 0 Å². The first-order valence-electron chi connectivity index (χ1n) is 4.01. The average molecular weight is 186 g/mol. The largest absolute Gasteiger partial charge is 0.327 e. The molecule has 1 aliphatic rings. The van der Waals surface area contributed by atoms with E-state index in [9.17, 15) is 0 Å². The summed E-state index contributed by atoms with van der Waals surface area (Å²) < 4.78 is 0. The molecule has 13 heavy (non-hydrogen) atoms. The Kier molecular flexibility index (Phi) is 2.82. The van der Waals surface area contributed by atoms with E-state index in [1.54, 1.807) is 14.2 Å². The fraction of sp³-hybridized carbons (Fsp3) is 0.625. The van der Waals surface area contributed by atoms with Gasteiger partial charge in [0.05, 0.1) is 14.2 Å². The number of nitrogens with two attached hydrogens (primary N) is 1. The number of hydrogen-bond acceptors (Lipinski definition) is 4. The summed E-state index contributed by atoms with van der Waals surface area (Å²) in [6, 6.07) is -0.0162. The molecular weight excluding hydrogens is 170 g/mol. The number of aliphatic imine (C=N–C) groups is 1. The number of hydroxylamine groups is 4. The Morgan fingerprint density at radius 2 is 2.08 bits per heavy atom. The number of rotatable bonds is 5. The van der Waals surface area contributed by atoms with Crippen LogP contribution >= 0.6 is 0 Å². The minimum absolute atomic E-state index is 0.000463. The lowest BCUT2D eigenvalue weighted by Crippen LogP contribution is -2.29. The van der Waals surface area contributed by atoms with Gasteiger partial charge in [0.15, 0.2) is 0 Å². The molecule has 0 bridgehead atoms. The molecule has 5 nitrogen and oxygen atoms in total.